The van der Waals surface area contributed by atoms with Crippen molar-refractivity contribution < 1.29 is 9.13 Å². The van der Waals surface area contributed by atoms with Crippen molar-refractivity contribution >= 4 is 11.0 Å². The summed E-state index contributed by atoms with van der Waals surface area (Å²) in [5.74, 6) is 0. The summed E-state index contributed by atoms with van der Waals surface area (Å²) in [7, 11) is -1.51. The SMILES string of the molecule is Cc1ccc(S(=O)N[C@@H](c2ccccc2)[C@@H](C)[N+](=O)[O-])cc1. The van der Waals surface area contributed by atoms with Gasteiger partial charge in [-0.25, -0.2) is 8.93 Å². The number of nitro groups is 1. The van der Waals surface area contributed by atoms with Crippen LogP contribution in [0.5, 0.6) is 0 Å². The van der Waals surface area contributed by atoms with Crippen molar-refractivity contribution in [3.8, 4) is 0 Å². The van der Waals surface area contributed by atoms with Gasteiger partial charge in [0.2, 0.25) is 6.04 Å². The zero-order valence-electron chi connectivity index (χ0n) is 12.4. The Balaban J connectivity index is 2.25. The Hall–Kier alpha value is -2.05. The van der Waals surface area contributed by atoms with Crippen molar-refractivity contribution in [1.29, 1.82) is 0 Å². The minimum Gasteiger partial charge on any atom is -0.264 e. The van der Waals surface area contributed by atoms with Gasteiger partial charge in [0.1, 0.15) is 17.0 Å². The molecule has 22 heavy (non-hydrogen) atoms. The Kier molecular flexibility index (Phi) is 5.41. The fourth-order valence-corrected chi connectivity index (χ4v) is 3.16. The second-order valence-electron chi connectivity index (χ2n) is 5.11. The van der Waals surface area contributed by atoms with Crippen LogP contribution in [-0.4, -0.2) is 15.2 Å². The van der Waals surface area contributed by atoms with Crippen LogP contribution < -0.4 is 4.72 Å². The summed E-state index contributed by atoms with van der Waals surface area (Å²) >= 11 is 0. The third-order valence-electron chi connectivity index (χ3n) is 3.44. The zero-order valence-corrected chi connectivity index (χ0v) is 13.2. The molecule has 0 aliphatic carbocycles. The van der Waals surface area contributed by atoms with Crippen molar-refractivity contribution in [2.45, 2.75) is 30.8 Å². The largest absolute Gasteiger partial charge is 0.264 e. The average molecular weight is 318 g/mol. The number of rotatable bonds is 6. The number of nitrogens with one attached hydrogen (secondary N) is 1. The van der Waals surface area contributed by atoms with E-state index in [1.165, 1.54) is 6.92 Å². The summed E-state index contributed by atoms with van der Waals surface area (Å²) in [6.45, 7) is 3.46. The van der Waals surface area contributed by atoms with Crippen LogP contribution in [0.25, 0.3) is 0 Å². The summed E-state index contributed by atoms with van der Waals surface area (Å²) in [4.78, 5) is 11.4. The van der Waals surface area contributed by atoms with Crippen molar-refractivity contribution in [1.82, 2.24) is 4.72 Å². The van der Waals surface area contributed by atoms with Gasteiger partial charge < -0.3 is 0 Å². The second kappa shape index (κ2) is 7.29. The molecule has 0 aliphatic heterocycles. The zero-order chi connectivity index (χ0) is 16.1. The molecule has 0 aliphatic rings. The lowest BCUT2D eigenvalue weighted by Gasteiger charge is -2.19. The molecule has 0 spiro atoms. The van der Waals surface area contributed by atoms with Crippen LogP contribution in [0, 0.1) is 17.0 Å². The number of aryl methyl sites for hydroxylation is 1. The molecule has 0 fully saturated rings. The number of nitrogens with zero attached hydrogens (tertiary/aromatic N) is 1. The number of hydrogen-bond acceptors (Lipinski definition) is 3. The van der Waals surface area contributed by atoms with Gasteiger partial charge in [-0.1, -0.05) is 48.0 Å². The van der Waals surface area contributed by atoms with Gasteiger partial charge in [0.15, 0.2) is 0 Å². The Labute approximate surface area is 132 Å². The maximum atomic E-state index is 12.4. The number of hydrogen-bond donors (Lipinski definition) is 1. The molecule has 1 unspecified atom stereocenters. The van der Waals surface area contributed by atoms with E-state index in [1.54, 1.807) is 24.3 Å². The third kappa shape index (κ3) is 3.99. The maximum absolute atomic E-state index is 12.4. The molecule has 2 aromatic rings. The van der Waals surface area contributed by atoms with E-state index in [1.807, 2.05) is 37.3 Å². The average Bonchev–Trinajstić information content (AvgIpc) is 2.53. The van der Waals surface area contributed by atoms with Gasteiger partial charge in [-0.2, -0.15) is 0 Å². The molecule has 2 rings (SSSR count). The lowest BCUT2D eigenvalue weighted by atomic mass is 10.0. The maximum Gasteiger partial charge on any atom is 0.230 e. The van der Waals surface area contributed by atoms with E-state index in [0.717, 1.165) is 11.1 Å². The molecule has 0 amide bonds. The lowest BCUT2D eigenvalue weighted by Crippen LogP contribution is -2.36. The molecule has 0 heterocycles. The first-order chi connectivity index (χ1) is 10.5. The van der Waals surface area contributed by atoms with E-state index in [0.29, 0.717) is 4.90 Å². The van der Waals surface area contributed by atoms with Gasteiger partial charge >= 0.3 is 0 Å². The molecule has 2 aromatic carbocycles. The highest BCUT2D eigenvalue weighted by molar-refractivity contribution is 7.83. The molecule has 0 bridgehead atoms. The molecule has 0 saturated carbocycles. The van der Waals surface area contributed by atoms with Gasteiger partial charge in [0, 0.05) is 11.8 Å². The highest BCUT2D eigenvalue weighted by Gasteiger charge is 2.29. The number of benzene rings is 2. The van der Waals surface area contributed by atoms with E-state index >= 15 is 0 Å². The Morgan fingerprint density at radius 1 is 1.09 bits per heavy atom. The predicted molar refractivity (Wildman–Crippen MR) is 86.4 cm³/mol. The standard InChI is InChI=1S/C16H18N2O3S/c1-12-8-10-15(11-9-12)22(21)17-16(13(2)18(19)20)14-6-4-3-5-7-14/h3-11,13,16-17H,1-2H3/t13-,16-,22?/m1/s1. The van der Waals surface area contributed by atoms with Crippen molar-refractivity contribution in [3.05, 3.63) is 75.8 Å². The summed E-state index contributed by atoms with van der Waals surface area (Å²) in [6.07, 6.45) is 0. The first-order valence-corrected chi connectivity index (χ1v) is 8.07. The molecule has 0 saturated heterocycles. The minimum atomic E-state index is -1.51. The second-order valence-corrected chi connectivity index (χ2v) is 6.36. The first-order valence-electron chi connectivity index (χ1n) is 6.92. The lowest BCUT2D eigenvalue weighted by molar-refractivity contribution is -0.522. The van der Waals surface area contributed by atoms with Crippen LogP contribution in [0.15, 0.2) is 59.5 Å². The van der Waals surface area contributed by atoms with E-state index in [2.05, 4.69) is 4.72 Å². The fraction of sp³-hybridized carbons (Fsp3) is 0.250. The monoisotopic (exact) mass is 318 g/mol. The predicted octanol–water partition coefficient (Wildman–Crippen LogP) is 3.01. The highest BCUT2D eigenvalue weighted by atomic mass is 32.2. The quantitative estimate of drug-likeness (QED) is 0.657. The molecule has 3 atom stereocenters. The van der Waals surface area contributed by atoms with Crippen molar-refractivity contribution in [2.75, 3.05) is 0 Å². The first kappa shape index (κ1) is 16.3. The van der Waals surface area contributed by atoms with E-state index < -0.39 is 23.1 Å². The summed E-state index contributed by atoms with van der Waals surface area (Å²) in [5, 5.41) is 11.1. The molecule has 6 heteroatoms. The van der Waals surface area contributed by atoms with Gasteiger partial charge in [0.05, 0.1) is 4.90 Å². The van der Waals surface area contributed by atoms with E-state index in [4.69, 9.17) is 0 Å². The van der Waals surface area contributed by atoms with Crippen LogP contribution in [-0.2, 0) is 11.0 Å². The van der Waals surface area contributed by atoms with Crippen molar-refractivity contribution in [2.24, 2.45) is 0 Å². The molecule has 116 valence electrons. The van der Waals surface area contributed by atoms with Crippen LogP contribution in [0.4, 0.5) is 0 Å². The minimum absolute atomic E-state index is 0.364. The van der Waals surface area contributed by atoms with E-state index in [9.17, 15) is 14.3 Å². The van der Waals surface area contributed by atoms with Gasteiger partial charge in [-0.05, 0) is 24.6 Å². The van der Waals surface area contributed by atoms with E-state index in [-0.39, 0.29) is 4.92 Å². The Morgan fingerprint density at radius 3 is 2.23 bits per heavy atom. The molecule has 0 radical (unpaired) electrons. The van der Waals surface area contributed by atoms with Crippen molar-refractivity contribution in [3.63, 3.8) is 0 Å². The Morgan fingerprint density at radius 2 is 1.68 bits per heavy atom. The molecular weight excluding hydrogens is 300 g/mol. The highest BCUT2D eigenvalue weighted by Crippen LogP contribution is 2.20. The fourth-order valence-electron chi connectivity index (χ4n) is 2.07. The van der Waals surface area contributed by atoms with Crippen LogP contribution in [0.2, 0.25) is 0 Å². The summed E-state index contributed by atoms with van der Waals surface area (Å²) < 4.78 is 15.3. The van der Waals surface area contributed by atoms with Gasteiger partial charge in [-0.3, -0.25) is 10.1 Å². The molecular formula is C16H18N2O3S. The topological polar surface area (TPSA) is 72.2 Å². The molecule has 0 aromatic heterocycles. The Bertz CT molecular complexity index is 659. The van der Waals surface area contributed by atoms with Crippen LogP contribution >= 0.6 is 0 Å². The smallest absolute Gasteiger partial charge is 0.230 e. The van der Waals surface area contributed by atoms with Gasteiger partial charge in [0.25, 0.3) is 0 Å². The summed E-state index contributed by atoms with van der Waals surface area (Å²) in [5.41, 5.74) is 1.81. The third-order valence-corrected chi connectivity index (χ3v) is 4.61. The summed E-state index contributed by atoms with van der Waals surface area (Å²) in [6, 6.07) is 14.8. The van der Waals surface area contributed by atoms with Gasteiger partial charge in [-0.15, -0.1) is 0 Å². The molecule has 5 nitrogen and oxygen atoms in total. The van der Waals surface area contributed by atoms with Crippen LogP contribution in [0.1, 0.15) is 24.1 Å². The molecule has 1 N–H and O–H groups in total. The van der Waals surface area contributed by atoms with Crippen LogP contribution in [0.3, 0.4) is 0 Å². The normalized spacial score (nSPS) is 15.0.